The molecule has 1 aliphatic heterocycles. The van der Waals surface area contributed by atoms with Crippen LogP contribution < -0.4 is 19.5 Å². The molecule has 0 aromatic heterocycles. The Bertz CT molecular complexity index is 1490. The van der Waals surface area contributed by atoms with E-state index in [-0.39, 0.29) is 18.8 Å². The molecule has 1 fully saturated rings. The molecule has 1 saturated heterocycles. The van der Waals surface area contributed by atoms with Crippen molar-refractivity contribution in [2.24, 2.45) is 0 Å². The van der Waals surface area contributed by atoms with E-state index >= 15 is 0 Å². The first-order valence-corrected chi connectivity index (χ1v) is 16.6. The van der Waals surface area contributed by atoms with Crippen LogP contribution in [0.4, 0.5) is 0 Å². The van der Waals surface area contributed by atoms with Gasteiger partial charge in [0, 0.05) is 37.8 Å². The summed E-state index contributed by atoms with van der Waals surface area (Å²) in [7, 11) is 0. The van der Waals surface area contributed by atoms with Crippen molar-refractivity contribution in [3.63, 3.8) is 0 Å². The Kier molecular flexibility index (Phi) is 11.8. The number of ether oxygens (including phenoxy) is 3. The largest absolute Gasteiger partial charge is 0.493 e. The molecule has 0 radical (unpaired) electrons. The van der Waals surface area contributed by atoms with Gasteiger partial charge in [-0.25, -0.2) is 0 Å². The van der Waals surface area contributed by atoms with Crippen LogP contribution in [0.15, 0.2) is 48.5 Å². The number of aliphatic carboxylic acids is 1. The van der Waals surface area contributed by atoms with Gasteiger partial charge in [-0.15, -0.1) is 0 Å². The molecule has 0 bridgehead atoms. The first-order valence-electron chi connectivity index (χ1n) is 16.2. The first kappa shape index (κ1) is 34.0. The summed E-state index contributed by atoms with van der Waals surface area (Å²) in [5.74, 6) is 0.812. The van der Waals surface area contributed by atoms with Crippen LogP contribution in [0.25, 0.3) is 11.1 Å². The summed E-state index contributed by atoms with van der Waals surface area (Å²) >= 11 is 6.69. The molecular weight excluding hydrogens is 608 g/mol. The molecule has 0 unspecified atom stereocenters. The van der Waals surface area contributed by atoms with E-state index in [1.807, 2.05) is 13.0 Å². The van der Waals surface area contributed by atoms with Gasteiger partial charge >= 0.3 is 5.97 Å². The van der Waals surface area contributed by atoms with Gasteiger partial charge < -0.3 is 34.4 Å². The van der Waals surface area contributed by atoms with Crippen LogP contribution in [0.3, 0.4) is 0 Å². The topological polar surface area (TPSA) is 121 Å². The summed E-state index contributed by atoms with van der Waals surface area (Å²) in [6, 6.07) is 15.0. The number of hydrogen-bond donors (Lipinski definition) is 4. The van der Waals surface area contributed by atoms with Crippen LogP contribution in [-0.4, -0.2) is 77.8 Å². The third-order valence-corrected chi connectivity index (χ3v) is 9.22. The predicted octanol–water partition coefficient (Wildman–Crippen LogP) is 5.54. The predicted molar refractivity (Wildman–Crippen MR) is 178 cm³/mol. The van der Waals surface area contributed by atoms with E-state index in [1.165, 1.54) is 11.1 Å². The zero-order valence-corrected chi connectivity index (χ0v) is 27.4. The molecule has 3 aromatic carbocycles. The number of aliphatic hydroxyl groups excluding tert-OH is 2. The fraction of sp³-hybridized carbons (Fsp3) is 0.472. The highest BCUT2D eigenvalue weighted by Gasteiger charge is 2.28. The summed E-state index contributed by atoms with van der Waals surface area (Å²) in [4.78, 5) is 13.7. The van der Waals surface area contributed by atoms with Crippen LogP contribution in [0.5, 0.6) is 17.2 Å². The number of carbonyl (C=O) groups is 1. The van der Waals surface area contributed by atoms with Gasteiger partial charge in [0.1, 0.15) is 29.4 Å². The third-order valence-electron chi connectivity index (χ3n) is 8.93. The van der Waals surface area contributed by atoms with E-state index in [4.69, 9.17) is 25.8 Å². The van der Waals surface area contributed by atoms with E-state index < -0.39 is 18.6 Å². The summed E-state index contributed by atoms with van der Waals surface area (Å²) < 4.78 is 18.6. The van der Waals surface area contributed by atoms with E-state index in [0.29, 0.717) is 35.3 Å². The number of rotatable bonds is 15. The van der Waals surface area contributed by atoms with Gasteiger partial charge in [0.15, 0.2) is 0 Å². The normalized spacial score (nSPS) is 17.5. The Morgan fingerprint density at radius 3 is 2.54 bits per heavy atom. The third kappa shape index (κ3) is 8.14. The number of benzene rings is 3. The van der Waals surface area contributed by atoms with Crippen LogP contribution in [0.1, 0.15) is 61.0 Å². The van der Waals surface area contributed by atoms with Crippen molar-refractivity contribution in [1.82, 2.24) is 10.2 Å². The van der Waals surface area contributed by atoms with E-state index in [2.05, 4.69) is 47.5 Å². The number of piperidine rings is 1. The molecule has 3 aromatic rings. The molecule has 0 spiro atoms. The number of nitrogens with one attached hydrogen (secondary N) is 1. The molecule has 1 heterocycles. The number of likely N-dealkylation sites (tertiary alicyclic amines) is 1. The van der Waals surface area contributed by atoms with Crippen molar-refractivity contribution in [3.05, 3.63) is 75.8 Å². The molecular formula is C36H45ClN2O7. The Morgan fingerprint density at radius 2 is 1.80 bits per heavy atom. The van der Waals surface area contributed by atoms with Crippen molar-refractivity contribution >= 4 is 17.6 Å². The first-order chi connectivity index (χ1) is 22.3. The van der Waals surface area contributed by atoms with Crippen molar-refractivity contribution in [2.45, 2.75) is 70.7 Å². The van der Waals surface area contributed by atoms with E-state index in [1.54, 1.807) is 12.1 Å². The Hall–Kier alpha value is -3.34. The molecule has 46 heavy (non-hydrogen) atoms. The van der Waals surface area contributed by atoms with Gasteiger partial charge in [-0.1, -0.05) is 41.9 Å². The highest BCUT2D eigenvalue weighted by atomic mass is 35.5. The lowest BCUT2D eigenvalue weighted by Gasteiger charge is -2.29. The maximum absolute atomic E-state index is 11.3. The zero-order valence-electron chi connectivity index (χ0n) is 26.6. The quantitative estimate of drug-likeness (QED) is 0.157. The molecule has 248 valence electrons. The van der Waals surface area contributed by atoms with Gasteiger partial charge in [0.05, 0.1) is 30.9 Å². The number of fused-ring (bicyclic) bond motifs is 1. The van der Waals surface area contributed by atoms with Crippen LogP contribution in [-0.2, 0) is 17.8 Å². The fourth-order valence-electron chi connectivity index (χ4n) is 6.38. The second-order valence-electron chi connectivity index (χ2n) is 12.0. The van der Waals surface area contributed by atoms with E-state index in [0.717, 1.165) is 74.2 Å². The van der Waals surface area contributed by atoms with Crippen molar-refractivity contribution in [2.75, 3.05) is 39.5 Å². The highest BCUT2D eigenvalue weighted by Crippen LogP contribution is 2.44. The molecule has 2 atom stereocenters. The number of aliphatic hydroxyl groups is 2. The highest BCUT2D eigenvalue weighted by molar-refractivity contribution is 6.32. The minimum atomic E-state index is -1.13. The molecule has 9 nitrogen and oxygen atoms in total. The van der Waals surface area contributed by atoms with Crippen LogP contribution >= 0.6 is 11.6 Å². The molecule has 0 saturated carbocycles. The van der Waals surface area contributed by atoms with Crippen molar-refractivity contribution in [3.8, 4) is 28.4 Å². The Labute approximate surface area is 276 Å². The van der Waals surface area contributed by atoms with Crippen molar-refractivity contribution in [1.29, 1.82) is 0 Å². The summed E-state index contributed by atoms with van der Waals surface area (Å²) in [6.07, 6.45) is 3.96. The SMILES string of the molecule is CCOc1cc(O[C@H]2CCc3c(-c4cccc(OCCCN5CCC(O)CC5)c4C)cccc32)c(Cl)cc1CN[C@@H](CO)C(=O)O. The standard InChI is InChI=1S/C36H45ClN2O7/c1-3-44-34-20-35(30(37)19-24(34)21-38-31(22-40)36(42)43)46-33-12-11-28-27(8-4-9-29(28)33)26-7-5-10-32(23(26)2)45-18-6-15-39-16-13-25(41)14-17-39/h4-5,7-10,19-20,25,31,33,38,40-41H,3,6,11-18,21-22H2,1-2H3,(H,42,43)/t31-,33-/m0/s1. The number of halogens is 1. The Morgan fingerprint density at radius 1 is 1.04 bits per heavy atom. The number of hydrogen-bond acceptors (Lipinski definition) is 8. The minimum absolute atomic E-state index is 0.153. The average Bonchev–Trinajstić information content (AvgIpc) is 3.46. The second kappa shape index (κ2) is 16.0. The van der Waals surface area contributed by atoms with Crippen molar-refractivity contribution < 1.29 is 34.3 Å². The van der Waals surface area contributed by atoms with Gasteiger partial charge in [-0.2, -0.15) is 0 Å². The summed E-state index contributed by atoms with van der Waals surface area (Å²) in [6.45, 7) is 7.55. The molecule has 2 aliphatic rings. The monoisotopic (exact) mass is 652 g/mol. The van der Waals surface area contributed by atoms with Crippen LogP contribution in [0.2, 0.25) is 5.02 Å². The van der Waals surface area contributed by atoms with Gasteiger partial charge in [-0.3, -0.25) is 10.1 Å². The fourth-order valence-corrected chi connectivity index (χ4v) is 6.61. The molecule has 1 aliphatic carbocycles. The number of carboxylic acid groups (broad SMARTS) is 1. The summed E-state index contributed by atoms with van der Waals surface area (Å²) in [5.41, 5.74) is 6.50. The molecule has 10 heteroatoms. The molecule has 4 N–H and O–H groups in total. The maximum atomic E-state index is 11.3. The van der Waals surface area contributed by atoms with Crippen LogP contribution in [0, 0.1) is 6.92 Å². The smallest absolute Gasteiger partial charge is 0.323 e. The lowest BCUT2D eigenvalue weighted by Crippen LogP contribution is -2.39. The molecule has 5 rings (SSSR count). The Balaban J connectivity index is 1.28. The lowest BCUT2D eigenvalue weighted by atomic mass is 9.93. The average molecular weight is 653 g/mol. The zero-order chi connectivity index (χ0) is 32.6. The second-order valence-corrected chi connectivity index (χ2v) is 12.4. The van der Waals surface area contributed by atoms with Gasteiger partial charge in [-0.05, 0) is 85.9 Å². The van der Waals surface area contributed by atoms with Gasteiger partial charge in [0.2, 0.25) is 0 Å². The minimum Gasteiger partial charge on any atom is -0.493 e. The van der Waals surface area contributed by atoms with E-state index in [9.17, 15) is 20.1 Å². The lowest BCUT2D eigenvalue weighted by molar-refractivity contribution is -0.140. The molecule has 0 amide bonds. The summed E-state index contributed by atoms with van der Waals surface area (Å²) in [5, 5.41) is 31.6. The maximum Gasteiger partial charge on any atom is 0.323 e. The number of nitrogens with zero attached hydrogens (tertiary/aromatic N) is 1. The van der Waals surface area contributed by atoms with Gasteiger partial charge in [0.25, 0.3) is 0 Å². The number of carboxylic acids is 1.